The SMILES string of the molecule is CC12C=CC=CC1c1c(Nc3cccc4c3C3(c5ccccc5S4)c4ccccc4-c4ccccc43)cccc1O2. The molecule has 5 aromatic rings. The van der Waals surface area contributed by atoms with Gasteiger partial charge >= 0.3 is 0 Å². The summed E-state index contributed by atoms with van der Waals surface area (Å²) in [6, 6.07) is 40.1. The molecule has 0 saturated heterocycles. The molecule has 2 aliphatic carbocycles. The Morgan fingerprint density at radius 3 is 2.12 bits per heavy atom. The lowest BCUT2D eigenvalue weighted by molar-refractivity contribution is 0.155. The molecule has 0 aromatic heterocycles. The zero-order valence-electron chi connectivity index (χ0n) is 22.6. The molecule has 196 valence electrons. The number of ether oxygens (including phenoxy) is 1. The normalized spacial score (nSPS) is 21.2. The lowest BCUT2D eigenvalue weighted by atomic mass is 9.66. The maximum absolute atomic E-state index is 6.54. The Hall–Kier alpha value is -4.47. The third-order valence-corrected chi connectivity index (χ3v) is 10.4. The Kier molecular flexibility index (Phi) is 4.70. The Morgan fingerprint density at radius 1 is 0.659 bits per heavy atom. The van der Waals surface area contributed by atoms with Crippen molar-refractivity contribution in [3.8, 4) is 16.9 Å². The maximum atomic E-state index is 6.54. The molecule has 1 spiro atoms. The summed E-state index contributed by atoms with van der Waals surface area (Å²) in [5.74, 6) is 1.11. The van der Waals surface area contributed by atoms with Gasteiger partial charge in [-0.3, -0.25) is 0 Å². The lowest BCUT2D eigenvalue weighted by Crippen LogP contribution is -2.33. The van der Waals surface area contributed by atoms with Crippen molar-refractivity contribution >= 4 is 23.1 Å². The van der Waals surface area contributed by atoms with Gasteiger partial charge in [0.05, 0.1) is 11.3 Å². The number of rotatable bonds is 2. The highest BCUT2D eigenvalue weighted by molar-refractivity contribution is 7.99. The smallest absolute Gasteiger partial charge is 0.135 e. The van der Waals surface area contributed by atoms with Crippen LogP contribution in [0.1, 0.15) is 40.7 Å². The largest absolute Gasteiger partial charge is 0.482 e. The first-order valence-corrected chi connectivity index (χ1v) is 15.1. The number of hydrogen-bond donors (Lipinski definition) is 1. The Morgan fingerprint density at radius 2 is 1.32 bits per heavy atom. The monoisotopic (exact) mass is 545 g/mol. The zero-order valence-corrected chi connectivity index (χ0v) is 23.4. The minimum atomic E-state index is -0.426. The van der Waals surface area contributed by atoms with Gasteiger partial charge < -0.3 is 10.1 Å². The Bertz CT molecular complexity index is 1920. The summed E-state index contributed by atoms with van der Waals surface area (Å²) in [7, 11) is 0. The molecule has 2 aliphatic heterocycles. The van der Waals surface area contributed by atoms with E-state index in [1.54, 1.807) is 0 Å². The van der Waals surface area contributed by atoms with Crippen LogP contribution < -0.4 is 10.1 Å². The molecule has 2 nitrogen and oxygen atoms in total. The number of anilines is 2. The van der Waals surface area contributed by atoms with Crippen molar-refractivity contribution in [3.05, 3.63) is 161 Å². The van der Waals surface area contributed by atoms with Crippen molar-refractivity contribution in [2.75, 3.05) is 5.32 Å². The van der Waals surface area contributed by atoms with E-state index in [2.05, 4.69) is 146 Å². The van der Waals surface area contributed by atoms with Crippen molar-refractivity contribution in [3.63, 3.8) is 0 Å². The van der Waals surface area contributed by atoms with E-state index in [0.29, 0.717) is 0 Å². The molecule has 0 amide bonds. The number of hydrogen-bond acceptors (Lipinski definition) is 3. The highest BCUT2D eigenvalue weighted by atomic mass is 32.2. The molecular weight excluding hydrogens is 518 g/mol. The highest BCUT2D eigenvalue weighted by Gasteiger charge is 2.51. The van der Waals surface area contributed by atoms with Crippen molar-refractivity contribution < 1.29 is 4.74 Å². The zero-order chi connectivity index (χ0) is 27.2. The summed E-state index contributed by atoms with van der Waals surface area (Å²) in [6.07, 6.45) is 8.69. The molecule has 0 bridgehead atoms. The molecule has 2 heterocycles. The van der Waals surface area contributed by atoms with Gasteiger partial charge in [-0.1, -0.05) is 109 Å². The summed E-state index contributed by atoms with van der Waals surface area (Å²) < 4.78 is 6.54. The van der Waals surface area contributed by atoms with Crippen molar-refractivity contribution in [2.45, 2.75) is 33.6 Å². The molecular formula is C38H27NOS. The molecule has 2 unspecified atom stereocenters. The van der Waals surface area contributed by atoms with Gasteiger partial charge in [-0.2, -0.15) is 0 Å². The van der Waals surface area contributed by atoms with E-state index in [0.717, 1.165) is 17.1 Å². The minimum Gasteiger partial charge on any atom is -0.482 e. The lowest BCUT2D eigenvalue weighted by Gasteiger charge is -2.41. The predicted molar refractivity (Wildman–Crippen MR) is 168 cm³/mol. The van der Waals surface area contributed by atoms with Crippen LogP contribution in [-0.2, 0) is 5.41 Å². The highest BCUT2D eigenvalue weighted by Crippen LogP contribution is 2.64. The molecule has 2 atom stereocenters. The predicted octanol–water partition coefficient (Wildman–Crippen LogP) is 9.62. The second kappa shape index (κ2) is 8.28. The molecule has 41 heavy (non-hydrogen) atoms. The fourth-order valence-electron chi connectivity index (χ4n) is 7.66. The van der Waals surface area contributed by atoms with Gasteiger partial charge in [-0.25, -0.2) is 0 Å². The number of fused-ring (bicyclic) bond motifs is 12. The summed E-state index contributed by atoms with van der Waals surface area (Å²) in [5, 5.41) is 3.97. The van der Waals surface area contributed by atoms with Gasteiger partial charge in [0.25, 0.3) is 0 Å². The maximum Gasteiger partial charge on any atom is 0.135 e. The molecule has 3 heteroatoms. The number of nitrogens with one attached hydrogen (secondary N) is 1. The third kappa shape index (κ3) is 2.99. The van der Waals surface area contributed by atoms with Gasteiger partial charge in [0.15, 0.2) is 0 Å². The van der Waals surface area contributed by atoms with Crippen LogP contribution >= 0.6 is 11.8 Å². The van der Waals surface area contributed by atoms with E-state index in [1.807, 2.05) is 11.8 Å². The van der Waals surface area contributed by atoms with E-state index >= 15 is 0 Å². The van der Waals surface area contributed by atoms with Crippen LogP contribution in [0.2, 0.25) is 0 Å². The molecule has 5 aromatic carbocycles. The Balaban J connectivity index is 1.32. The van der Waals surface area contributed by atoms with Gasteiger partial charge in [-0.05, 0) is 71.1 Å². The number of benzene rings is 5. The quantitative estimate of drug-likeness (QED) is 0.234. The average molecular weight is 546 g/mol. The molecule has 0 fully saturated rings. The molecule has 4 aliphatic rings. The third-order valence-electron chi connectivity index (χ3n) is 9.30. The molecule has 0 radical (unpaired) electrons. The summed E-state index contributed by atoms with van der Waals surface area (Å²) >= 11 is 1.88. The van der Waals surface area contributed by atoms with Crippen molar-refractivity contribution in [2.24, 2.45) is 0 Å². The minimum absolute atomic E-state index is 0.155. The number of allylic oxidation sites excluding steroid dienone is 2. The second-order valence-corrected chi connectivity index (χ2v) is 12.6. The van der Waals surface area contributed by atoms with Crippen LogP contribution in [-0.4, -0.2) is 5.60 Å². The van der Waals surface area contributed by atoms with Crippen LogP contribution in [0.4, 0.5) is 11.4 Å². The molecule has 1 N–H and O–H groups in total. The summed E-state index contributed by atoms with van der Waals surface area (Å²) in [5.41, 5.74) is 10.6. The van der Waals surface area contributed by atoms with Gasteiger partial charge in [0, 0.05) is 32.3 Å². The van der Waals surface area contributed by atoms with E-state index in [-0.39, 0.29) is 11.5 Å². The van der Waals surface area contributed by atoms with E-state index in [1.165, 1.54) is 48.7 Å². The molecule has 9 rings (SSSR count). The fraction of sp³-hybridized carbons (Fsp3) is 0.105. The first kappa shape index (κ1) is 23.3. The second-order valence-electron chi connectivity index (χ2n) is 11.5. The van der Waals surface area contributed by atoms with Crippen LogP contribution in [0.15, 0.2) is 143 Å². The summed E-state index contributed by atoms with van der Waals surface area (Å²) in [6.45, 7) is 2.18. The van der Waals surface area contributed by atoms with E-state index < -0.39 is 5.41 Å². The topological polar surface area (TPSA) is 21.3 Å². The fourth-order valence-corrected chi connectivity index (χ4v) is 8.89. The van der Waals surface area contributed by atoms with Gasteiger partial charge in [0.1, 0.15) is 11.4 Å². The summed E-state index contributed by atoms with van der Waals surface area (Å²) in [4.78, 5) is 2.60. The standard InChI is InChI=1S/C38H27NOS/c1-37-23-9-8-17-29(37)35-30(18-10-20-32(35)40-37)39-31-19-11-22-34-36(31)38(28-16-6-7-21-33(28)41-34)26-14-4-2-12-24(26)25-13-3-5-15-27(25)38/h2-23,29,39H,1H3. The van der Waals surface area contributed by atoms with Crippen LogP contribution in [0.25, 0.3) is 11.1 Å². The van der Waals surface area contributed by atoms with E-state index in [9.17, 15) is 0 Å². The molecule has 0 saturated carbocycles. The first-order chi connectivity index (χ1) is 20.2. The average Bonchev–Trinajstić information content (AvgIpc) is 3.48. The first-order valence-electron chi connectivity index (χ1n) is 14.2. The van der Waals surface area contributed by atoms with Crippen molar-refractivity contribution in [1.82, 2.24) is 0 Å². The van der Waals surface area contributed by atoms with Crippen LogP contribution in [0.5, 0.6) is 5.75 Å². The van der Waals surface area contributed by atoms with Crippen LogP contribution in [0.3, 0.4) is 0 Å². The Labute approximate surface area is 244 Å². The van der Waals surface area contributed by atoms with E-state index in [4.69, 9.17) is 4.74 Å². The van der Waals surface area contributed by atoms with Crippen molar-refractivity contribution in [1.29, 1.82) is 0 Å². The van der Waals surface area contributed by atoms with Gasteiger partial charge in [-0.15, -0.1) is 0 Å². The van der Waals surface area contributed by atoms with Gasteiger partial charge in [0.2, 0.25) is 0 Å². The van der Waals surface area contributed by atoms with Crippen LogP contribution in [0, 0.1) is 0 Å².